The van der Waals surface area contributed by atoms with Crippen molar-refractivity contribution in [2.45, 2.75) is 66.0 Å². The molecule has 3 atom stereocenters. The van der Waals surface area contributed by atoms with Crippen LogP contribution in [0.1, 0.15) is 84.8 Å². The standard InChI is InChI=1S/C37H50FN5O4/c1-7-42(8-2)19-20-47-30-15-16-32(33(38)22-30)27(5)41-36(44)29-14-17-35(39-23-29)43-18-10-11-28(24-43)21-25(3)40-37(45)31-12-9-13-34(46-6)26(31)4/h9,12-17,22-23,25,27-28H,7-8,10-11,18-21,24H2,1-6H3,(H,40,45)(H,41,44)/t25?,27-,28?/m0/s1. The van der Waals surface area contributed by atoms with Gasteiger partial charge in [-0.1, -0.05) is 26.0 Å². The molecule has 1 aliphatic rings. The number of halogens is 1. The maximum absolute atomic E-state index is 14.9. The normalized spacial score (nSPS) is 16.0. The maximum Gasteiger partial charge on any atom is 0.253 e. The van der Waals surface area contributed by atoms with Crippen LogP contribution >= 0.6 is 0 Å². The fourth-order valence-electron chi connectivity index (χ4n) is 6.25. The Kier molecular flexibility index (Phi) is 13.0. The minimum atomic E-state index is -0.537. The first-order valence-electron chi connectivity index (χ1n) is 16.7. The molecule has 1 aromatic heterocycles. The summed E-state index contributed by atoms with van der Waals surface area (Å²) in [6, 6.07) is 13.4. The molecular formula is C37H50FN5O4. The molecule has 2 N–H and O–H groups in total. The molecule has 1 aliphatic heterocycles. The lowest BCUT2D eigenvalue weighted by molar-refractivity contribution is 0.0926. The van der Waals surface area contributed by atoms with E-state index in [1.165, 1.54) is 6.07 Å². The highest BCUT2D eigenvalue weighted by molar-refractivity contribution is 5.96. The zero-order valence-corrected chi connectivity index (χ0v) is 28.6. The lowest BCUT2D eigenvalue weighted by Crippen LogP contribution is -2.40. The molecular weight excluding hydrogens is 597 g/mol. The van der Waals surface area contributed by atoms with Crippen molar-refractivity contribution in [3.05, 3.63) is 82.8 Å². The Morgan fingerprint density at radius 1 is 1.09 bits per heavy atom. The third kappa shape index (κ3) is 9.67. The SMILES string of the molecule is CCN(CC)CCOc1ccc([C@H](C)NC(=O)c2ccc(N3CCCC(CC(C)NC(=O)c4cccc(OC)c4C)C3)nc2)c(F)c1. The highest BCUT2D eigenvalue weighted by Gasteiger charge is 2.24. The van der Waals surface area contributed by atoms with Gasteiger partial charge in [-0.15, -0.1) is 0 Å². The van der Waals surface area contributed by atoms with E-state index in [9.17, 15) is 14.0 Å². The smallest absolute Gasteiger partial charge is 0.253 e. The molecule has 2 aromatic carbocycles. The van der Waals surface area contributed by atoms with E-state index in [-0.39, 0.29) is 17.9 Å². The van der Waals surface area contributed by atoms with Crippen LogP contribution in [0.5, 0.6) is 11.5 Å². The first-order valence-corrected chi connectivity index (χ1v) is 16.7. The van der Waals surface area contributed by atoms with E-state index < -0.39 is 11.9 Å². The molecule has 2 heterocycles. The zero-order chi connectivity index (χ0) is 33.9. The summed E-state index contributed by atoms with van der Waals surface area (Å²) >= 11 is 0. The lowest BCUT2D eigenvalue weighted by atomic mass is 9.91. The summed E-state index contributed by atoms with van der Waals surface area (Å²) in [7, 11) is 1.61. The Bertz CT molecular complexity index is 1480. The Hall–Kier alpha value is -4.18. The number of nitrogens with zero attached hydrogens (tertiary/aromatic N) is 3. The number of methoxy groups -OCH3 is 1. The van der Waals surface area contributed by atoms with Crippen molar-refractivity contribution in [2.24, 2.45) is 5.92 Å². The molecule has 1 saturated heterocycles. The number of aromatic nitrogens is 1. The third-order valence-corrected chi connectivity index (χ3v) is 9.02. The number of hydrogen-bond acceptors (Lipinski definition) is 7. The van der Waals surface area contributed by atoms with Crippen LogP contribution in [0.15, 0.2) is 54.7 Å². The van der Waals surface area contributed by atoms with Crippen LogP contribution in [0.25, 0.3) is 0 Å². The molecule has 0 saturated carbocycles. The van der Waals surface area contributed by atoms with Gasteiger partial charge in [-0.25, -0.2) is 9.37 Å². The lowest BCUT2D eigenvalue weighted by Gasteiger charge is -2.35. The number of likely N-dealkylation sites (N-methyl/N-ethyl adjacent to an activating group) is 1. The summed E-state index contributed by atoms with van der Waals surface area (Å²) in [5, 5.41) is 6.04. The predicted octanol–water partition coefficient (Wildman–Crippen LogP) is 6.17. The number of carbonyl (C=O) groups is 2. The number of piperidine rings is 1. The van der Waals surface area contributed by atoms with Gasteiger partial charge in [0.15, 0.2) is 0 Å². The summed E-state index contributed by atoms with van der Waals surface area (Å²) in [6.45, 7) is 14.7. The molecule has 0 aliphatic carbocycles. The van der Waals surface area contributed by atoms with E-state index in [2.05, 4.69) is 39.3 Å². The largest absolute Gasteiger partial charge is 0.496 e. The van der Waals surface area contributed by atoms with Gasteiger partial charge in [-0.05, 0) is 89.4 Å². The van der Waals surface area contributed by atoms with Gasteiger partial charge in [0, 0.05) is 54.6 Å². The van der Waals surface area contributed by atoms with Crippen molar-refractivity contribution < 1.29 is 23.5 Å². The quantitative estimate of drug-likeness (QED) is 0.204. The summed E-state index contributed by atoms with van der Waals surface area (Å²) < 4.78 is 26.0. The van der Waals surface area contributed by atoms with Gasteiger partial charge in [0.1, 0.15) is 29.7 Å². The van der Waals surface area contributed by atoms with E-state index in [0.717, 1.165) is 63.4 Å². The number of carbonyl (C=O) groups excluding carboxylic acids is 2. The second-order valence-corrected chi connectivity index (χ2v) is 12.4. The second kappa shape index (κ2) is 17.1. The average Bonchev–Trinajstić information content (AvgIpc) is 3.06. The van der Waals surface area contributed by atoms with Crippen LogP contribution in [-0.4, -0.2) is 74.2 Å². The number of ether oxygens (including phenoxy) is 2. The molecule has 0 radical (unpaired) electrons. The Morgan fingerprint density at radius 2 is 1.87 bits per heavy atom. The van der Waals surface area contributed by atoms with E-state index in [1.54, 1.807) is 38.4 Å². The fourth-order valence-corrected chi connectivity index (χ4v) is 6.25. The first kappa shape index (κ1) is 35.7. The molecule has 2 amide bonds. The number of hydrogen-bond donors (Lipinski definition) is 2. The number of nitrogens with one attached hydrogen (secondary N) is 2. The molecule has 1 fully saturated rings. The van der Waals surface area contributed by atoms with Crippen molar-refractivity contribution >= 4 is 17.6 Å². The molecule has 2 unspecified atom stereocenters. The number of benzene rings is 2. The molecule has 0 spiro atoms. The molecule has 254 valence electrons. The van der Waals surface area contributed by atoms with Crippen LogP contribution in [0.2, 0.25) is 0 Å². The monoisotopic (exact) mass is 647 g/mol. The van der Waals surface area contributed by atoms with E-state index >= 15 is 0 Å². The number of pyridine rings is 1. The predicted molar refractivity (Wildman–Crippen MR) is 184 cm³/mol. The Balaban J connectivity index is 1.27. The van der Waals surface area contributed by atoms with E-state index in [0.29, 0.717) is 40.7 Å². The summed E-state index contributed by atoms with van der Waals surface area (Å²) in [5.41, 5.74) is 2.26. The van der Waals surface area contributed by atoms with Crippen molar-refractivity contribution in [1.29, 1.82) is 0 Å². The minimum Gasteiger partial charge on any atom is -0.496 e. The van der Waals surface area contributed by atoms with Crippen molar-refractivity contribution in [3.63, 3.8) is 0 Å². The van der Waals surface area contributed by atoms with E-state index in [4.69, 9.17) is 9.47 Å². The van der Waals surface area contributed by atoms with Gasteiger partial charge < -0.3 is 29.9 Å². The zero-order valence-electron chi connectivity index (χ0n) is 28.6. The van der Waals surface area contributed by atoms with Crippen LogP contribution in [0, 0.1) is 18.7 Å². The highest BCUT2D eigenvalue weighted by Crippen LogP contribution is 2.27. The Morgan fingerprint density at radius 3 is 2.55 bits per heavy atom. The minimum absolute atomic E-state index is 0.00480. The van der Waals surface area contributed by atoms with Crippen LogP contribution < -0.4 is 25.0 Å². The van der Waals surface area contributed by atoms with Crippen molar-refractivity contribution in [2.75, 3.05) is 51.3 Å². The van der Waals surface area contributed by atoms with Crippen molar-refractivity contribution in [3.8, 4) is 11.5 Å². The van der Waals surface area contributed by atoms with Gasteiger partial charge in [-0.3, -0.25) is 9.59 Å². The second-order valence-electron chi connectivity index (χ2n) is 12.4. The van der Waals surface area contributed by atoms with Crippen LogP contribution in [0.4, 0.5) is 10.2 Å². The van der Waals surface area contributed by atoms with Gasteiger partial charge in [0.2, 0.25) is 0 Å². The molecule has 3 aromatic rings. The number of amides is 2. The molecule has 9 nitrogen and oxygen atoms in total. The first-order chi connectivity index (χ1) is 22.6. The van der Waals surface area contributed by atoms with Crippen LogP contribution in [-0.2, 0) is 0 Å². The molecule has 47 heavy (non-hydrogen) atoms. The number of rotatable bonds is 15. The van der Waals surface area contributed by atoms with Crippen LogP contribution in [0.3, 0.4) is 0 Å². The van der Waals surface area contributed by atoms with Gasteiger partial charge in [0.25, 0.3) is 11.8 Å². The van der Waals surface area contributed by atoms with Gasteiger partial charge in [-0.2, -0.15) is 0 Å². The van der Waals surface area contributed by atoms with Gasteiger partial charge in [0.05, 0.1) is 18.7 Å². The fraction of sp³-hybridized carbons (Fsp3) is 0.486. The topological polar surface area (TPSA) is 96.0 Å². The average molecular weight is 648 g/mol. The van der Waals surface area contributed by atoms with Crippen molar-refractivity contribution in [1.82, 2.24) is 20.5 Å². The Labute approximate surface area is 278 Å². The summed E-state index contributed by atoms with van der Waals surface area (Å²) in [5.74, 6) is 1.54. The third-order valence-electron chi connectivity index (χ3n) is 9.02. The van der Waals surface area contributed by atoms with E-state index in [1.807, 2.05) is 38.1 Å². The summed E-state index contributed by atoms with van der Waals surface area (Å²) in [4.78, 5) is 35.1. The highest BCUT2D eigenvalue weighted by atomic mass is 19.1. The number of anilines is 1. The molecule has 4 rings (SSSR count). The van der Waals surface area contributed by atoms with Gasteiger partial charge >= 0.3 is 0 Å². The summed E-state index contributed by atoms with van der Waals surface area (Å²) in [6.07, 6.45) is 4.52. The molecule has 10 heteroatoms. The molecule has 0 bridgehead atoms. The maximum atomic E-state index is 14.9.